The Labute approximate surface area is 326 Å². The predicted octanol–water partition coefficient (Wildman–Crippen LogP) is 7.19. The van der Waals surface area contributed by atoms with Gasteiger partial charge in [0, 0.05) is 19.9 Å². The van der Waals surface area contributed by atoms with Crippen LogP contribution in [0, 0.1) is 0 Å². The van der Waals surface area contributed by atoms with Crippen LogP contribution in [0.3, 0.4) is 0 Å². The van der Waals surface area contributed by atoms with Crippen molar-refractivity contribution in [3.05, 3.63) is 54.5 Å². The normalized spacial score (nSPS) is 21.7. The molecule has 0 amide bonds. The number of phosphoric acid groups is 1. The standard InChI is InChI=1S/C40H64N5O9P/c1-3-4-5-6-7-8-9-10-11-12-13-14-15-16-17-21-26-50-27-33(53-32-22-19-18-20-23-32)28-51-55(48,49)52-29-35-37(46)38(47)40(54-35,30-42-2)36-25-24-34-39(41)43-31-44-45(34)36/h18-20,22-25,30-31,33,35,37-38,46-47H,3-17,21,26-29H2,1-2H3,(H,48,49)(H2,41,43,44)/b42-30+/t33-,35-,37-,38-,40+/m1/s1. The third kappa shape index (κ3) is 14.2. The number of nitrogens with two attached hydrogens (primary N) is 1. The third-order valence-corrected chi connectivity index (χ3v) is 11.0. The molecule has 55 heavy (non-hydrogen) atoms. The molecule has 1 aromatic carbocycles. The van der Waals surface area contributed by atoms with Crippen LogP contribution in [0.15, 0.2) is 53.8 Å². The Bertz CT molecular complexity index is 1580. The van der Waals surface area contributed by atoms with Gasteiger partial charge in [-0.3, -0.25) is 14.0 Å². The number of unbranched alkanes of at least 4 members (excludes halogenated alkanes) is 15. The zero-order valence-electron chi connectivity index (χ0n) is 32.8. The van der Waals surface area contributed by atoms with Crippen molar-refractivity contribution in [2.75, 3.05) is 39.2 Å². The molecule has 1 aliphatic rings. The number of rotatable bonds is 29. The molecule has 3 aromatic rings. The summed E-state index contributed by atoms with van der Waals surface area (Å²) in [4.78, 5) is 18.6. The van der Waals surface area contributed by atoms with Gasteiger partial charge in [-0.15, -0.1) is 0 Å². The number of benzene rings is 1. The quantitative estimate of drug-likeness (QED) is 0.0315. The minimum atomic E-state index is -4.68. The summed E-state index contributed by atoms with van der Waals surface area (Å²) >= 11 is 0. The number of aromatic nitrogens is 3. The first-order valence-electron chi connectivity index (χ1n) is 20.2. The predicted molar refractivity (Wildman–Crippen MR) is 213 cm³/mol. The number of nitrogen functional groups attached to an aromatic ring is 1. The average Bonchev–Trinajstić information content (AvgIpc) is 3.73. The van der Waals surface area contributed by atoms with Crippen LogP contribution in [0.25, 0.3) is 5.52 Å². The lowest BCUT2D eigenvalue weighted by Gasteiger charge is -2.27. The highest BCUT2D eigenvalue weighted by Gasteiger charge is 2.56. The molecule has 1 unspecified atom stereocenters. The number of aliphatic hydroxyl groups excluding tert-OH is 2. The van der Waals surface area contributed by atoms with Crippen LogP contribution in [0.5, 0.6) is 5.75 Å². The summed E-state index contributed by atoms with van der Waals surface area (Å²) in [6, 6.07) is 12.3. The number of fused-ring (bicyclic) bond motifs is 1. The summed E-state index contributed by atoms with van der Waals surface area (Å²) in [6.07, 6.45) is 18.3. The van der Waals surface area contributed by atoms with Gasteiger partial charge in [0.2, 0.25) is 0 Å². The van der Waals surface area contributed by atoms with Crippen LogP contribution in [0.4, 0.5) is 5.82 Å². The van der Waals surface area contributed by atoms with E-state index in [1.807, 2.05) is 18.2 Å². The van der Waals surface area contributed by atoms with Crippen molar-refractivity contribution in [2.24, 2.45) is 4.99 Å². The van der Waals surface area contributed by atoms with Gasteiger partial charge in [0.25, 0.3) is 0 Å². The van der Waals surface area contributed by atoms with E-state index in [0.29, 0.717) is 23.6 Å². The number of ether oxygens (including phenoxy) is 3. The van der Waals surface area contributed by atoms with E-state index in [1.54, 1.807) is 24.3 Å². The minimum Gasteiger partial charge on any atom is -0.486 e. The molecule has 0 saturated carbocycles. The van der Waals surface area contributed by atoms with Crippen molar-refractivity contribution >= 4 is 25.4 Å². The summed E-state index contributed by atoms with van der Waals surface area (Å²) in [7, 11) is -3.19. The Kier molecular flexibility index (Phi) is 19.5. The van der Waals surface area contributed by atoms with Crippen LogP contribution >= 0.6 is 7.82 Å². The topological polar surface area (TPSA) is 192 Å². The van der Waals surface area contributed by atoms with Crippen molar-refractivity contribution in [3.63, 3.8) is 0 Å². The second-order valence-corrected chi connectivity index (χ2v) is 15.9. The van der Waals surface area contributed by atoms with Crippen LogP contribution in [0.1, 0.15) is 115 Å². The maximum atomic E-state index is 13.0. The smallest absolute Gasteiger partial charge is 0.472 e. The first kappa shape index (κ1) is 44.8. The zero-order chi connectivity index (χ0) is 39.4. The molecule has 1 aliphatic heterocycles. The molecule has 15 heteroatoms. The fraction of sp³-hybridized carbons (Fsp3) is 0.675. The first-order valence-corrected chi connectivity index (χ1v) is 21.7. The molecule has 6 atom stereocenters. The molecule has 0 radical (unpaired) electrons. The minimum absolute atomic E-state index is 0.141. The molecule has 1 fully saturated rings. The lowest BCUT2D eigenvalue weighted by molar-refractivity contribution is -0.0551. The molecule has 1 saturated heterocycles. The molecule has 2 aromatic heterocycles. The second-order valence-electron chi connectivity index (χ2n) is 14.4. The van der Waals surface area contributed by atoms with Gasteiger partial charge in [-0.1, -0.05) is 121 Å². The van der Waals surface area contributed by atoms with E-state index in [1.165, 1.54) is 114 Å². The van der Waals surface area contributed by atoms with Gasteiger partial charge in [-0.2, -0.15) is 5.10 Å². The van der Waals surface area contributed by atoms with E-state index >= 15 is 0 Å². The molecule has 5 N–H and O–H groups in total. The molecule has 308 valence electrons. The summed E-state index contributed by atoms with van der Waals surface area (Å²) in [5, 5.41) is 26.4. The highest BCUT2D eigenvalue weighted by atomic mass is 31.2. The first-order chi connectivity index (χ1) is 26.7. The van der Waals surface area contributed by atoms with Gasteiger partial charge in [0.05, 0.1) is 25.5 Å². The summed E-state index contributed by atoms with van der Waals surface area (Å²) in [5.41, 5.74) is 5.09. The Morgan fingerprint density at radius 3 is 2.15 bits per heavy atom. The maximum Gasteiger partial charge on any atom is 0.472 e. The number of hydrogen-bond donors (Lipinski definition) is 4. The summed E-state index contributed by atoms with van der Waals surface area (Å²) < 4.78 is 43.1. The Morgan fingerprint density at radius 1 is 0.909 bits per heavy atom. The van der Waals surface area contributed by atoms with E-state index in [4.69, 9.17) is 29.0 Å². The van der Waals surface area contributed by atoms with E-state index in [2.05, 4.69) is 22.0 Å². The number of aliphatic imine (C=N–C) groups is 1. The monoisotopic (exact) mass is 789 g/mol. The van der Waals surface area contributed by atoms with Crippen LogP contribution < -0.4 is 10.5 Å². The number of hydrogen-bond acceptors (Lipinski definition) is 12. The van der Waals surface area contributed by atoms with E-state index in [0.717, 1.165) is 12.8 Å². The average molecular weight is 790 g/mol. The van der Waals surface area contributed by atoms with Crippen LogP contribution in [0.2, 0.25) is 0 Å². The van der Waals surface area contributed by atoms with E-state index in [-0.39, 0.29) is 19.0 Å². The van der Waals surface area contributed by atoms with E-state index < -0.39 is 44.4 Å². The molecule has 4 rings (SSSR count). The Morgan fingerprint density at radius 2 is 1.53 bits per heavy atom. The van der Waals surface area contributed by atoms with Gasteiger partial charge >= 0.3 is 7.82 Å². The maximum absolute atomic E-state index is 13.0. The lowest BCUT2D eigenvalue weighted by Crippen LogP contribution is -2.43. The molecule has 0 spiro atoms. The number of para-hydroxylation sites is 1. The zero-order valence-corrected chi connectivity index (χ0v) is 33.6. The fourth-order valence-corrected chi connectivity index (χ4v) is 7.73. The molecular weight excluding hydrogens is 725 g/mol. The SMILES string of the molecule is CCCCCCCCCCCCCCCCCCOC[C@H](COP(=O)(O)OC[C@H]1O[C@@](/C=N/C)(c2ccc3c(N)ncnn23)[C@H](O)[C@@H]1O)Oc1ccccc1. The van der Waals surface area contributed by atoms with Crippen molar-refractivity contribution < 1.29 is 42.9 Å². The third-order valence-electron chi connectivity index (χ3n) is 10.0. The van der Waals surface area contributed by atoms with Crippen molar-refractivity contribution in [3.8, 4) is 5.75 Å². The molecule has 3 heterocycles. The van der Waals surface area contributed by atoms with Crippen LogP contribution in [-0.4, -0.2) is 93.8 Å². The number of anilines is 1. The number of aliphatic hydroxyl groups is 2. The summed E-state index contributed by atoms with van der Waals surface area (Å²) in [5.74, 6) is 0.766. The Hall–Kier alpha value is -2.94. The van der Waals surface area contributed by atoms with Gasteiger partial charge in [-0.25, -0.2) is 14.1 Å². The van der Waals surface area contributed by atoms with E-state index in [9.17, 15) is 19.7 Å². The number of phosphoric ester groups is 1. The van der Waals surface area contributed by atoms with Gasteiger partial charge < -0.3 is 35.1 Å². The van der Waals surface area contributed by atoms with Gasteiger partial charge in [0.15, 0.2) is 11.4 Å². The number of nitrogens with zero attached hydrogens (tertiary/aromatic N) is 4. The summed E-state index contributed by atoms with van der Waals surface area (Å²) in [6.45, 7) is 2.06. The van der Waals surface area contributed by atoms with Crippen molar-refractivity contribution in [1.29, 1.82) is 0 Å². The largest absolute Gasteiger partial charge is 0.486 e. The lowest BCUT2D eigenvalue weighted by atomic mass is 9.92. The highest BCUT2D eigenvalue weighted by Crippen LogP contribution is 2.46. The van der Waals surface area contributed by atoms with Gasteiger partial charge in [-0.05, 0) is 30.7 Å². The molecule has 0 bridgehead atoms. The van der Waals surface area contributed by atoms with Crippen molar-refractivity contribution in [2.45, 2.75) is 140 Å². The molecule has 0 aliphatic carbocycles. The fourth-order valence-electron chi connectivity index (χ4n) is 6.96. The highest BCUT2D eigenvalue weighted by molar-refractivity contribution is 7.47. The van der Waals surface area contributed by atoms with Crippen molar-refractivity contribution in [1.82, 2.24) is 14.6 Å². The Balaban J connectivity index is 1.16. The molecular formula is C40H64N5O9P. The molecule has 14 nitrogen and oxygen atoms in total. The second kappa shape index (κ2) is 24.0. The van der Waals surface area contributed by atoms with Gasteiger partial charge in [0.1, 0.15) is 42.0 Å². The van der Waals surface area contributed by atoms with Crippen LogP contribution in [-0.2, 0) is 28.7 Å².